The van der Waals surface area contributed by atoms with Gasteiger partial charge in [-0.3, -0.25) is 4.79 Å². The van der Waals surface area contributed by atoms with E-state index < -0.39 is 23.1 Å². The van der Waals surface area contributed by atoms with Crippen LogP contribution in [-0.2, 0) is 11.4 Å². The van der Waals surface area contributed by atoms with E-state index in [9.17, 15) is 18.4 Å². The van der Waals surface area contributed by atoms with Crippen LogP contribution in [0.5, 0.6) is 17.2 Å². The van der Waals surface area contributed by atoms with E-state index in [1.165, 1.54) is 37.4 Å². The maximum Gasteiger partial charge on any atom is 0.343 e. The molecule has 4 aromatic carbocycles. The minimum atomic E-state index is -0.828. The fourth-order valence-electron chi connectivity index (χ4n) is 5.05. The molecule has 0 radical (unpaired) electrons. The predicted molar refractivity (Wildman–Crippen MR) is 156 cm³/mol. The minimum absolute atomic E-state index is 0.0159. The van der Waals surface area contributed by atoms with E-state index in [2.05, 4.69) is 5.32 Å². The Morgan fingerprint density at radius 1 is 0.929 bits per heavy atom. The number of rotatable bonds is 7. The van der Waals surface area contributed by atoms with Crippen LogP contribution >= 0.6 is 0 Å². The number of methoxy groups -OCH3 is 1. The summed E-state index contributed by atoms with van der Waals surface area (Å²) in [5.41, 5.74) is 3.37. The molecule has 0 unspecified atom stereocenters. The zero-order chi connectivity index (χ0) is 30.2. The third-order valence-corrected chi connectivity index (χ3v) is 7.16. The van der Waals surface area contributed by atoms with Crippen LogP contribution in [0.3, 0.4) is 0 Å². The maximum absolute atomic E-state index is 14.0. The van der Waals surface area contributed by atoms with Crippen LogP contribution in [0.4, 0.5) is 20.2 Å². The molecule has 216 valence electrons. The number of carbonyl (C=O) groups is 2. The molecule has 0 atom stereocenters. The van der Waals surface area contributed by atoms with Gasteiger partial charge in [0.25, 0.3) is 5.91 Å². The van der Waals surface area contributed by atoms with Crippen molar-refractivity contribution in [3.05, 3.63) is 101 Å². The molecule has 9 heteroatoms. The molecule has 0 fully saturated rings. The van der Waals surface area contributed by atoms with E-state index in [4.69, 9.17) is 14.2 Å². The number of fused-ring (bicyclic) bond motifs is 1. The van der Waals surface area contributed by atoms with Gasteiger partial charge in [-0.25, -0.2) is 13.6 Å². The van der Waals surface area contributed by atoms with Crippen molar-refractivity contribution in [2.45, 2.75) is 32.9 Å². The van der Waals surface area contributed by atoms with Gasteiger partial charge < -0.3 is 24.4 Å². The van der Waals surface area contributed by atoms with E-state index in [1.54, 1.807) is 36.2 Å². The normalized spacial score (nSPS) is 13.7. The number of carbonyl (C=O) groups excluding carboxylic acids is 2. The highest BCUT2D eigenvalue weighted by Crippen LogP contribution is 2.45. The number of halogens is 2. The number of aryl methyl sites for hydroxylation is 1. The molecular weight excluding hydrogens is 542 g/mol. The maximum atomic E-state index is 14.0. The Labute approximate surface area is 242 Å². The number of hydrogen-bond donors (Lipinski definition) is 1. The molecule has 42 heavy (non-hydrogen) atoms. The monoisotopic (exact) mass is 572 g/mol. The molecule has 0 saturated carbocycles. The highest BCUT2D eigenvalue weighted by molar-refractivity contribution is 6.08. The van der Waals surface area contributed by atoms with Crippen molar-refractivity contribution in [1.29, 1.82) is 0 Å². The number of esters is 1. The molecule has 1 heterocycles. The number of likely N-dealkylation sites (N-methyl/N-ethyl adjacent to an activating group) is 1. The summed E-state index contributed by atoms with van der Waals surface area (Å²) in [4.78, 5) is 27.5. The van der Waals surface area contributed by atoms with Gasteiger partial charge in [-0.15, -0.1) is 0 Å². The number of anilines is 2. The Hall–Kier alpha value is -4.92. The van der Waals surface area contributed by atoms with Crippen molar-refractivity contribution in [3.63, 3.8) is 0 Å². The Bertz CT molecular complexity index is 1700. The molecular formula is C33H30F2N2O5. The van der Waals surface area contributed by atoms with Crippen LogP contribution in [-0.4, -0.2) is 31.6 Å². The Morgan fingerprint density at radius 3 is 2.40 bits per heavy atom. The average Bonchev–Trinajstić information content (AvgIpc) is 2.96. The molecule has 7 nitrogen and oxygen atoms in total. The van der Waals surface area contributed by atoms with Gasteiger partial charge in [0.1, 0.15) is 41.0 Å². The molecule has 0 bridgehead atoms. The molecule has 1 aliphatic heterocycles. The summed E-state index contributed by atoms with van der Waals surface area (Å²) in [5.74, 6) is -0.856. The lowest BCUT2D eigenvalue weighted by Gasteiger charge is -2.39. The quantitative estimate of drug-likeness (QED) is 0.192. The molecule has 0 aromatic heterocycles. The second kappa shape index (κ2) is 11.2. The highest BCUT2D eigenvalue weighted by atomic mass is 19.1. The second-order valence-corrected chi connectivity index (χ2v) is 10.6. The van der Waals surface area contributed by atoms with Gasteiger partial charge in [-0.2, -0.15) is 0 Å². The molecule has 0 aliphatic carbocycles. The summed E-state index contributed by atoms with van der Waals surface area (Å²) in [6, 6.07) is 18.2. The fraction of sp³-hybridized carbons (Fsp3) is 0.212. The first kappa shape index (κ1) is 28.6. The number of ether oxygens (including phenoxy) is 3. The van der Waals surface area contributed by atoms with Crippen molar-refractivity contribution in [2.75, 3.05) is 24.4 Å². The summed E-state index contributed by atoms with van der Waals surface area (Å²) < 4.78 is 44.9. The lowest BCUT2D eigenvalue weighted by atomic mass is 9.91. The summed E-state index contributed by atoms with van der Waals surface area (Å²) in [7, 11) is 3.19. The van der Waals surface area contributed by atoms with Crippen molar-refractivity contribution >= 4 is 23.3 Å². The SMILES string of the molecule is COc1cc(OC(=O)c2cccc(F)c2)ccc1-c1ccc2c(c1COc1cc(F)ccc1C)N(C)C(=O)C(C)(C)N2. The molecule has 0 spiro atoms. The molecule has 5 rings (SSSR count). The summed E-state index contributed by atoms with van der Waals surface area (Å²) >= 11 is 0. The van der Waals surface area contributed by atoms with E-state index in [1.807, 2.05) is 32.9 Å². The van der Waals surface area contributed by atoms with Gasteiger partial charge in [0, 0.05) is 30.3 Å². The highest BCUT2D eigenvalue weighted by Gasteiger charge is 2.38. The third kappa shape index (κ3) is 5.50. The third-order valence-electron chi connectivity index (χ3n) is 7.16. The zero-order valence-corrected chi connectivity index (χ0v) is 23.9. The predicted octanol–water partition coefficient (Wildman–Crippen LogP) is 6.91. The van der Waals surface area contributed by atoms with Crippen LogP contribution in [0.2, 0.25) is 0 Å². The summed E-state index contributed by atoms with van der Waals surface area (Å²) in [6.07, 6.45) is 0. The molecule has 4 aromatic rings. The molecule has 1 aliphatic rings. The van der Waals surface area contributed by atoms with Crippen molar-refractivity contribution in [3.8, 4) is 28.4 Å². The average molecular weight is 573 g/mol. The second-order valence-electron chi connectivity index (χ2n) is 10.6. The van der Waals surface area contributed by atoms with Crippen LogP contribution in [0.25, 0.3) is 11.1 Å². The van der Waals surface area contributed by atoms with E-state index in [0.717, 1.165) is 17.3 Å². The number of nitrogens with zero attached hydrogens (tertiary/aromatic N) is 1. The Kier molecular flexibility index (Phi) is 7.60. The number of hydrogen-bond acceptors (Lipinski definition) is 6. The summed E-state index contributed by atoms with van der Waals surface area (Å²) in [6.45, 7) is 5.45. The fourth-order valence-corrected chi connectivity index (χ4v) is 5.05. The Balaban J connectivity index is 1.57. The topological polar surface area (TPSA) is 77.1 Å². The smallest absolute Gasteiger partial charge is 0.343 e. The summed E-state index contributed by atoms with van der Waals surface area (Å²) in [5, 5.41) is 3.31. The van der Waals surface area contributed by atoms with Crippen LogP contribution in [0.15, 0.2) is 72.8 Å². The van der Waals surface area contributed by atoms with Crippen LogP contribution < -0.4 is 24.4 Å². The Morgan fingerprint density at radius 2 is 1.67 bits per heavy atom. The molecule has 1 N–H and O–H groups in total. The minimum Gasteiger partial charge on any atom is -0.496 e. The van der Waals surface area contributed by atoms with Gasteiger partial charge in [-0.05, 0) is 74.4 Å². The number of nitrogens with one attached hydrogen (secondary N) is 1. The van der Waals surface area contributed by atoms with Crippen molar-refractivity contribution < 1.29 is 32.6 Å². The largest absolute Gasteiger partial charge is 0.496 e. The van der Waals surface area contributed by atoms with Gasteiger partial charge in [0.15, 0.2) is 0 Å². The lowest BCUT2D eigenvalue weighted by molar-refractivity contribution is -0.121. The van der Waals surface area contributed by atoms with Gasteiger partial charge in [-0.1, -0.05) is 18.2 Å². The van der Waals surface area contributed by atoms with Gasteiger partial charge >= 0.3 is 5.97 Å². The van der Waals surface area contributed by atoms with Crippen LogP contribution in [0, 0.1) is 18.6 Å². The van der Waals surface area contributed by atoms with E-state index in [-0.39, 0.29) is 23.8 Å². The standard InChI is InChI=1S/C33H30F2N2O5/c1-19-9-10-22(35)16-28(19)41-18-26-24(13-14-27-30(26)37(4)32(39)33(2,3)36-27)25-12-11-23(17-29(25)40-5)42-31(38)20-7-6-8-21(34)15-20/h6-17,36H,18H2,1-5H3. The zero-order valence-electron chi connectivity index (χ0n) is 23.9. The van der Waals surface area contributed by atoms with E-state index in [0.29, 0.717) is 33.9 Å². The first-order valence-electron chi connectivity index (χ1n) is 13.3. The first-order valence-corrected chi connectivity index (χ1v) is 13.3. The van der Waals surface area contributed by atoms with Crippen molar-refractivity contribution in [2.24, 2.45) is 0 Å². The van der Waals surface area contributed by atoms with Gasteiger partial charge in [0.2, 0.25) is 0 Å². The van der Waals surface area contributed by atoms with Gasteiger partial charge in [0.05, 0.1) is 24.0 Å². The number of amides is 1. The molecule has 1 amide bonds. The van der Waals surface area contributed by atoms with E-state index >= 15 is 0 Å². The van der Waals surface area contributed by atoms with Crippen LogP contribution in [0.1, 0.15) is 35.3 Å². The first-order chi connectivity index (χ1) is 20.0. The lowest BCUT2D eigenvalue weighted by Crippen LogP contribution is -2.52. The number of benzene rings is 4. The molecule has 0 saturated heterocycles. The van der Waals surface area contributed by atoms with Crippen molar-refractivity contribution in [1.82, 2.24) is 0 Å².